The Balaban J connectivity index is 1.79. The Labute approximate surface area is 142 Å². The highest BCUT2D eigenvalue weighted by Gasteiger charge is 2.14. The third-order valence-corrected chi connectivity index (χ3v) is 5.18. The topological polar surface area (TPSA) is 64.0 Å². The lowest BCUT2D eigenvalue weighted by Crippen LogP contribution is -2.13. The fourth-order valence-corrected chi connectivity index (χ4v) is 3.42. The number of hydrogen-bond donors (Lipinski definition) is 1. The average Bonchev–Trinajstić information content (AvgIpc) is 3.10. The first-order chi connectivity index (χ1) is 11.5. The van der Waals surface area contributed by atoms with Gasteiger partial charge >= 0.3 is 0 Å². The van der Waals surface area contributed by atoms with Gasteiger partial charge in [-0.3, -0.25) is 4.72 Å². The number of nitrogens with zero attached hydrogens (tertiary/aromatic N) is 2. The summed E-state index contributed by atoms with van der Waals surface area (Å²) < 4.78 is 29.4. The summed E-state index contributed by atoms with van der Waals surface area (Å²) >= 11 is 0. The number of benzene rings is 2. The van der Waals surface area contributed by atoms with E-state index in [9.17, 15) is 8.42 Å². The van der Waals surface area contributed by atoms with Gasteiger partial charge in [0.05, 0.1) is 11.2 Å². The molecule has 0 atom stereocenters. The summed E-state index contributed by atoms with van der Waals surface area (Å²) in [5, 5.41) is 0. The maximum absolute atomic E-state index is 12.5. The molecule has 0 radical (unpaired) electrons. The molecule has 0 fully saturated rings. The Morgan fingerprint density at radius 3 is 2.21 bits per heavy atom. The van der Waals surface area contributed by atoms with Gasteiger partial charge in [0, 0.05) is 23.8 Å². The molecule has 3 aromatic rings. The first kappa shape index (κ1) is 16.3. The second-order valence-corrected chi connectivity index (χ2v) is 7.53. The molecule has 1 N–H and O–H groups in total. The van der Waals surface area contributed by atoms with E-state index in [0.29, 0.717) is 11.6 Å². The van der Waals surface area contributed by atoms with Crippen molar-refractivity contribution in [2.24, 2.45) is 0 Å². The summed E-state index contributed by atoms with van der Waals surface area (Å²) in [6, 6.07) is 14.1. The van der Waals surface area contributed by atoms with E-state index in [2.05, 4.69) is 23.6 Å². The van der Waals surface area contributed by atoms with E-state index < -0.39 is 10.0 Å². The fraction of sp³-hybridized carbons (Fsp3) is 0.167. The van der Waals surface area contributed by atoms with Gasteiger partial charge in [0.1, 0.15) is 0 Å². The second kappa shape index (κ2) is 6.49. The Hall–Kier alpha value is -2.60. The monoisotopic (exact) mass is 341 g/mol. The van der Waals surface area contributed by atoms with Gasteiger partial charge in [-0.1, -0.05) is 26.0 Å². The molecule has 3 rings (SSSR count). The van der Waals surface area contributed by atoms with Crippen LogP contribution in [0.2, 0.25) is 0 Å². The van der Waals surface area contributed by atoms with E-state index in [1.807, 2.05) is 35.0 Å². The summed E-state index contributed by atoms with van der Waals surface area (Å²) in [5.74, 6) is 0.366. The number of anilines is 1. The Kier molecular flexibility index (Phi) is 4.40. The first-order valence-corrected chi connectivity index (χ1v) is 9.15. The quantitative estimate of drug-likeness (QED) is 0.768. The standard InChI is InChI=1S/C18H19N3O2S/c1-14(2)15-3-9-18(10-4-15)24(22,23)20-16-5-7-17(8-6-16)21-12-11-19-13-21/h3-14,20H,1-2H3. The van der Waals surface area contributed by atoms with Crippen molar-refractivity contribution in [1.29, 1.82) is 0 Å². The Bertz CT molecular complexity index is 898. The molecule has 1 aromatic heterocycles. The van der Waals surface area contributed by atoms with Crippen LogP contribution in [0.25, 0.3) is 5.69 Å². The van der Waals surface area contributed by atoms with Crippen LogP contribution in [-0.2, 0) is 10.0 Å². The van der Waals surface area contributed by atoms with Crippen molar-refractivity contribution < 1.29 is 8.42 Å². The van der Waals surface area contributed by atoms with Gasteiger partial charge in [-0.2, -0.15) is 0 Å². The zero-order valence-electron chi connectivity index (χ0n) is 13.5. The van der Waals surface area contributed by atoms with Crippen LogP contribution in [0.1, 0.15) is 25.3 Å². The van der Waals surface area contributed by atoms with Gasteiger partial charge in [0.15, 0.2) is 0 Å². The highest BCUT2D eigenvalue weighted by molar-refractivity contribution is 7.92. The number of aromatic nitrogens is 2. The van der Waals surface area contributed by atoms with E-state index >= 15 is 0 Å². The van der Waals surface area contributed by atoms with Gasteiger partial charge in [-0.05, 0) is 47.9 Å². The van der Waals surface area contributed by atoms with Crippen molar-refractivity contribution in [3.05, 3.63) is 72.8 Å². The molecule has 0 amide bonds. The van der Waals surface area contributed by atoms with E-state index in [0.717, 1.165) is 11.3 Å². The van der Waals surface area contributed by atoms with E-state index in [4.69, 9.17) is 0 Å². The molecule has 0 unspecified atom stereocenters. The molecule has 1 heterocycles. The van der Waals surface area contributed by atoms with Crippen LogP contribution < -0.4 is 4.72 Å². The van der Waals surface area contributed by atoms with Crippen LogP contribution in [0.15, 0.2) is 72.1 Å². The molecule has 6 heteroatoms. The lowest BCUT2D eigenvalue weighted by Gasteiger charge is -2.11. The molecule has 0 bridgehead atoms. The van der Waals surface area contributed by atoms with Crippen LogP contribution in [0.5, 0.6) is 0 Å². The minimum atomic E-state index is -3.59. The summed E-state index contributed by atoms with van der Waals surface area (Å²) in [5.41, 5.74) is 2.54. The van der Waals surface area contributed by atoms with Gasteiger partial charge < -0.3 is 4.57 Å². The van der Waals surface area contributed by atoms with Crippen molar-refractivity contribution in [2.75, 3.05) is 4.72 Å². The third kappa shape index (κ3) is 3.49. The molecule has 0 saturated heterocycles. The molecule has 124 valence electrons. The van der Waals surface area contributed by atoms with Crippen LogP contribution in [0.3, 0.4) is 0 Å². The maximum atomic E-state index is 12.5. The van der Waals surface area contributed by atoms with Gasteiger partial charge in [0.2, 0.25) is 0 Å². The molecule has 0 aliphatic carbocycles. The third-order valence-electron chi connectivity index (χ3n) is 3.78. The largest absolute Gasteiger partial charge is 0.306 e. The zero-order chi connectivity index (χ0) is 17.2. The molecular formula is C18H19N3O2S. The SMILES string of the molecule is CC(C)c1ccc(S(=O)(=O)Nc2ccc(-n3ccnc3)cc2)cc1. The van der Waals surface area contributed by atoms with Crippen molar-refractivity contribution in [3.63, 3.8) is 0 Å². The number of rotatable bonds is 5. The Morgan fingerprint density at radius 2 is 1.67 bits per heavy atom. The second-order valence-electron chi connectivity index (χ2n) is 5.85. The number of imidazole rings is 1. The van der Waals surface area contributed by atoms with Crippen LogP contribution in [0.4, 0.5) is 5.69 Å². The van der Waals surface area contributed by atoms with Crippen molar-refractivity contribution in [1.82, 2.24) is 9.55 Å². The summed E-state index contributed by atoms with van der Waals surface area (Å²) in [6.45, 7) is 4.15. The normalized spacial score (nSPS) is 11.6. The molecule has 0 saturated carbocycles. The summed E-state index contributed by atoms with van der Waals surface area (Å²) in [7, 11) is -3.59. The van der Waals surface area contributed by atoms with Crippen molar-refractivity contribution >= 4 is 15.7 Å². The molecule has 0 spiro atoms. The molecule has 24 heavy (non-hydrogen) atoms. The number of sulfonamides is 1. The van der Waals surface area contributed by atoms with Gasteiger partial charge in [-0.25, -0.2) is 13.4 Å². The van der Waals surface area contributed by atoms with E-state index in [1.165, 1.54) is 0 Å². The Morgan fingerprint density at radius 1 is 1.00 bits per heavy atom. The minimum Gasteiger partial charge on any atom is -0.306 e. The summed E-state index contributed by atoms with van der Waals surface area (Å²) in [4.78, 5) is 4.25. The molecule has 2 aromatic carbocycles. The first-order valence-electron chi connectivity index (χ1n) is 7.67. The molecule has 0 aliphatic heterocycles. The minimum absolute atomic E-state index is 0.255. The molecule has 0 aliphatic rings. The van der Waals surface area contributed by atoms with Crippen LogP contribution >= 0.6 is 0 Å². The highest BCUT2D eigenvalue weighted by Crippen LogP contribution is 2.20. The number of nitrogens with one attached hydrogen (secondary N) is 1. The predicted molar refractivity (Wildman–Crippen MR) is 94.9 cm³/mol. The predicted octanol–water partition coefficient (Wildman–Crippen LogP) is 3.80. The van der Waals surface area contributed by atoms with E-state index in [-0.39, 0.29) is 4.90 Å². The van der Waals surface area contributed by atoms with Gasteiger partial charge in [0.25, 0.3) is 10.0 Å². The van der Waals surface area contributed by atoms with Crippen LogP contribution in [0, 0.1) is 0 Å². The maximum Gasteiger partial charge on any atom is 0.261 e. The van der Waals surface area contributed by atoms with Crippen molar-refractivity contribution in [2.45, 2.75) is 24.7 Å². The number of hydrogen-bond acceptors (Lipinski definition) is 3. The fourth-order valence-electron chi connectivity index (χ4n) is 2.36. The lowest BCUT2D eigenvalue weighted by atomic mass is 10.0. The highest BCUT2D eigenvalue weighted by atomic mass is 32.2. The average molecular weight is 341 g/mol. The zero-order valence-corrected chi connectivity index (χ0v) is 14.4. The van der Waals surface area contributed by atoms with Gasteiger partial charge in [-0.15, -0.1) is 0 Å². The molecular weight excluding hydrogens is 322 g/mol. The smallest absolute Gasteiger partial charge is 0.261 e. The summed E-state index contributed by atoms with van der Waals surface area (Å²) in [6.07, 6.45) is 5.21. The van der Waals surface area contributed by atoms with Crippen LogP contribution in [-0.4, -0.2) is 18.0 Å². The lowest BCUT2D eigenvalue weighted by molar-refractivity contribution is 0.601. The molecule has 5 nitrogen and oxygen atoms in total. The van der Waals surface area contributed by atoms with E-state index in [1.54, 1.807) is 36.8 Å². The van der Waals surface area contributed by atoms with Crippen molar-refractivity contribution in [3.8, 4) is 5.69 Å².